The van der Waals surface area contributed by atoms with Gasteiger partial charge in [0.2, 0.25) is 0 Å². The normalized spacial score (nSPS) is 10.4. The quantitative estimate of drug-likeness (QED) is 0.648. The first-order valence-corrected chi connectivity index (χ1v) is 9.28. The van der Waals surface area contributed by atoms with Crippen LogP contribution in [-0.2, 0) is 0 Å². The molecule has 0 unspecified atom stereocenters. The Labute approximate surface area is 164 Å². The number of aromatic nitrogens is 3. The molecule has 144 valence electrons. The standard InChI is InChI=1S/C21H24N6O/c1-4-27(5-2)20-14-19(23-15(3)24-20)25-17-6-8-18(9-7-17)26-21(28)16-10-12-22-13-11-16/h6-14H,4-5H2,1-3H3,(H,26,28)(H,23,24,25). The van der Waals surface area contributed by atoms with E-state index in [0.717, 1.165) is 36.1 Å². The summed E-state index contributed by atoms with van der Waals surface area (Å²) in [6.07, 6.45) is 3.19. The number of carbonyl (C=O) groups excluding carboxylic acids is 1. The molecule has 0 saturated heterocycles. The number of benzene rings is 1. The Morgan fingerprint density at radius 1 is 0.964 bits per heavy atom. The molecule has 0 radical (unpaired) electrons. The molecule has 3 aromatic rings. The maximum Gasteiger partial charge on any atom is 0.255 e. The van der Waals surface area contributed by atoms with E-state index in [-0.39, 0.29) is 5.91 Å². The van der Waals surface area contributed by atoms with Crippen LogP contribution in [0.25, 0.3) is 0 Å². The highest BCUT2D eigenvalue weighted by molar-refractivity contribution is 6.04. The Morgan fingerprint density at radius 3 is 2.25 bits per heavy atom. The van der Waals surface area contributed by atoms with Gasteiger partial charge in [-0.2, -0.15) is 0 Å². The van der Waals surface area contributed by atoms with Gasteiger partial charge in [-0.15, -0.1) is 0 Å². The van der Waals surface area contributed by atoms with Crippen molar-refractivity contribution in [3.63, 3.8) is 0 Å². The number of rotatable bonds is 7. The van der Waals surface area contributed by atoms with Crippen molar-refractivity contribution in [2.75, 3.05) is 28.6 Å². The van der Waals surface area contributed by atoms with Crippen LogP contribution in [0.4, 0.5) is 23.0 Å². The van der Waals surface area contributed by atoms with Gasteiger partial charge in [-0.3, -0.25) is 9.78 Å². The molecule has 7 heteroatoms. The minimum atomic E-state index is -0.168. The summed E-state index contributed by atoms with van der Waals surface area (Å²) < 4.78 is 0. The molecule has 28 heavy (non-hydrogen) atoms. The van der Waals surface area contributed by atoms with Crippen molar-refractivity contribution in [3.8, 4) is 0 Å². The number of carbonyl (C=O) groups is 1. The zero-order valence-electron chi connectivity index (χ0n) is 16.3. The van der Waals surface area contributed by atoms with Crippen LogP contribution in [0, 0.1) is 6.92 Å². The first kappa shape index (κ1) is 19.3. The van der Waals surface area contributed by atoms with Crippen molar-refractivity contribution in [3.05, 3.63) is 66.2 Å². The van der Waals surface area contributed by atoms with Gasteiger partial charge in [0.15, 0.2) is 0 Å². The summed E-state index contributed by atoms with van der Waals surface area (Å²) in [4.78, 5) is 27.3. The molecule has 7 nitrogen and oxygen atoms in total. The maximum absolute atomic E-state index is 12.2. The van der Waals surface area contributed by atoms with Gasteiger partial charge in [0.1, 0.15) is 17.5 Å². The average Bonchev–Trinajstić information content (AvgIpc) is 2.71. The summed E-state index contributed by atoms with van der Waals surface area (Å²) in [7, 11) is 0. The summed E-state index contributed by atoms with van der Waals surface area (Å²) in [6, 6.07) is 12.8. The third-order valence-corrected chi connectivity index (χ3v) is 4.27. The fourth-order valence-electron chi connectivity index (χ4n) is 2.82. The number of nitrogens with zero attached hydrogens (tertiary/aromatic N) is 4. The number of pyridine rings is 1. The van der Waals surface area contributed by atoms with Crippen molar-refractivity contribution < 1.29 is 4.79 Å². The van der Waals surface area contributed by atoms with Crippen molar-refractivity contribution in [2.24, 2.45) is 0 Å². The number of amides is 1. The smallest absolute Gasteiger partial charge is 0.255 e. The fraction of sp³-hybridized carbons (Fsp3) is 0.238. The summed E-state index contributed by atoms with van der Waals surface area (Å²) in [6.45, 7) is 7.87. The lowest BCUT2D eigenvalue weighted by Crippen LogP contribution is -2.23. The van der Waals surface area contributed by atoms with Gasteiger partial charge in [-0.25, -0.2) is 9.97 Å². The minimum absolute atomic E-state index is 0.168. The molecule has 1 aromatic carbocycles. The van der Waals surface area contributed by atoms with Crippen LogP contribution >= 0.6 is 0 Å². The molecule has 0 fully saturated rings. The molecule has 0 spiro atoms. The van der Waals surface area contributed by atoms with Crippen molar-refractivity contribution in [1.29, 1.82) is 0 Å². The zero-order valence-corrected chi connectivity index (χ0v) is 16.3. The molecule has 0 aliphatic rings. The second-order valence-corrected chi connectivity index (χ2v) is 6.22. The lowest BCUT2D eigenvalue weighted by atomic mass is 10.2. The van der Waals surface area contributed by atoms with Crippen LogP contribution in [-0.4, -0.2) is 33.9 Å². The van der Waals surface area contributed by atoms with Crippen molar-refractivity contribution in [1.82, 2.24) is 15.0 Å². The fourth-order valence-corrected chi connectivity index (χ4v) is 2.82. The third kappa shape index (κ3) is 4.82. The largest absolute Gasteiger partial charge is 0.357 e. The van der Waals surface area contributed by atoms with Gasteiger partial charge in [0.25, 0.3) is 5.91 Å². The summed E-state index contributed by atoms with van der Waals surface area (Å²) in [5.74, 6) is 2.19. The Kier molecular flexibility index (Phi) is 6.16. The number of anilines is 4. The lowest BCUT2D eigenvalue weighted by molar-refractivity contribution is 0.102. The maximum atomic E-state index is 12.2. The van der Waals surface area contributed by atoms with E-state index < -0.39 is 0 Å². The molecule has 2 N–H and O–H groups in total. The molecular formula is C21H24N6O. The highest BCUT2D eigenvalue weighted by Crippen LogP contribution is 2.21. The molecule has 2 heterocycles. The number of hydrogen-bond donors (Lipinski definition) is 2. The predicted molar refractivity (Wildman–Crippen MR) is 112 cm³/mol. The molecule has 3 rings (SSSR count). The van der Waals surface area contributed by atoms with E-state index in [1.54, 1.807) is 24.5 Å². The van der Waals surface area contributed by atoms with Crippen LogP contribution in [0.1, 0.15) is 30.0 Å². The second kappa shape index (κ2) is 8.94. The van der Waals surface area contributed by atoms with Crippen LogP contribution in [0.15, 0.2) is 54.9 Å². The molecule has 0 atom stereocenters. The number of hydrogen-bond acceptors (Lipinski definition) is 6. The Balaban J connectivity index is 1.70. The van der Waals surface area contributed by atoms with Gasteiger partial charge >= 0.3 is 0 Å². The van der Waals surface area contributed by atoms with E-state index in [2.05, 4.69) is 44.3 Å². The summed E-state index contributed by atoms with van der Waals surface area (Å²) in [5, 5.41) is 6.17. The first-order chi connectivity index (χ1) is 13.6. The highest BCUT2D eigenvalue weighted by Gasteiger charge is 2.08. The van der Waals surface area contributed by atoms with Gasteiger partial charge in [-0.1, -0.05) is 0 Å². The number of aryl methyl sites for hydroxylation is 1. The van der Waals surface area contributed by atoms with E-state index in [1.165, 1.54) is 0 Å². The Bertz CT molecular complexity index is 923. The van der Waals surface area contributed by atoms with Gasteiger partial charge in [-0.05, 0) is 57.2 Å². The van der Waals surface area contributed by atoms with Crippen molar-refractivity contribution in [2.45, 2.75) is 20.8 Å². The van der Waals surface area contributed by atoms with Crippen LogP contribution < -0.4 is 15.5 Å². The van der Waals surface area contributed by atoms with Gasteiger partial charge < -0.3 is 15.5 Å². The molecule has 1 amide bonds. The average molecular weight is 376 g/mol. The molecule has 0 saturated carbocycles. The van der Waals surface area contributed by atoms with E-state index in [0.29, 0.717) is 11.4 Å². The Hall–Kier alpha value is -3.48. The van der Waals surface area contributed by atoms with E-state index in [9.17, 15) is 4.79 Å². The third-order valence-electron chi connectivity index (χ3n) is 4.27. The second-order valence-electron chi connectivity index (χ2n) is 6.22. The predicted octanol–water partition coefficient (Wildman–Crippen LogP) is 4.02. The van der Waals surface area contributed by atoms with E-state index >= 15 is 0 Å². The number of nitrogens with one attached hydrogen (secondary N) is 2. The summed E-state index contributed by atoms with van der Waals surface area (Å²) in [5.41, 5.74) is 2.16. The monoisotopic (exact) mass is 376 g/mol. The van der Waals surface area contributed by atoms with Gasteiger partial charge in [0.05, 0.1) is 0 Å². The zero-order chi connectivity index (χ0) is 19.9. The minimum Gasteiger partial charge on any atom is -0.357 e. The van der Waals surface area contributed by atoms with Crippen molar-refractivity contribution >= 4 is 28.9 Å². The van der Waals surface area contributed by atoms with E-state index in [1.807, 2.05) is 37.3 Å². The topological polar surface area (TPSA) is 83.0 Å². The van der Waals surface area contributed by atoms with Crippen LogP contribution in [0.3, 0.4) is 0 Å². The van der Waals surface area contributed by atoms with Gasteiger partial charge in [0, 0.05) is 48.5 Å². The highest BCUT2D eigenvalue weighted by atomic mass is 16.1. The SMILES string of the molecule is CCN(CC)c1cc(Nc2ccc(NC(=O)c3ccncc3)cc2)nc(C)n1. The molecule has 0 bridgehead atoms. The first-order valence-electron chi connectivity index (χ1n) is 9.28. The molecule has 2 aromatic heterocycles. The summed E-state index contributed by atoms with van der Waals surface area (Å²) >= 11 is 0. The van der Waals surface area contributed by atoms with E-state index in [4.69, 9.17) is 0 Å². The molecular weight excluding hydrogens is 352 g/mol. The molecule has 0 aliphatic carbocycles. The van der Waals surface area contributed by atoms with Crippen LogP contribution in [0.2, 0.25) is 0 Å². The van der Waals surface area contributed by atoms with Crippen LogP contribution in [0.5, 0.6) is 0 Å². The lowest BCUT2D eigenvalue weighted by Gasteiger charge is -2.20. The Morgan fingerprint density at radius 2 is 1.61 bits per heavy atom. The molecule has 0 aliphatic heterocycles.